The van der Waals surface area contributed by atoms with Crippen LogP contribution in [0.5, 0.6) is 0 Å². The van der Waals surface area contributed by atoms with Crippen molar-refractivity contribution >= 4 is 10.0 Å². The molecule has 0 aliphatic carbocycles. The van der Waals surface area contributed by atoms with Crippen LogP contribution in [0, 0.1) is 11.3 Å². The summed E-state index contributed by atoms with van der Waals surface area (Å²) in [7, 11) is -1.53. The van der Waals surface area contributed by atoms with Crippen LogP contribution in [0.2, 0.25) is 0 Å². The van der Waals surface area contributed by atoms with Gasteiger partial charge in [-0.3, -0.25) is 9.36 Å². The highest BCUT2D eigenvalue weighted by Crippen LogP contribution is 2.06. The molecule has 0 saturated carbocycles. The summed E-state index contributed by atoms with van der Waals surface area (Å²) < 4.78 is 28.6. The van der Waals surface area contributed by atoms with E-state index in [1.54, 1.807) is 24.3 Å². The molecule has 0 aliphatic heterocycles. The lowest BCUT2D eigenvalue weighted by Crippen LogP contribution is -2.41. The van der Waals surface area contributed by atoms with Crippen LogP contribution in [-0.4, -0.2) is 17.6 Å². The lowest BCUT2D eigenvalue weighted by Gasteiger charge is -2.09. The highest BCUT2D eigenvalue weighted by atomic mass is 32.2. The van der Waals surface area contributed by atoms with Gasteiger partial charge in [0.2, 0.25) is 10.0 Å². The largest absolute Gasteiger partial charge is 0.330 e. The minimum absolute atomic E-state index is 0.0795. The van der Waals surface area contributed by atoms with E-state index < -0.39 is 26.2 Å². The third kappa shape index (κ3) is 3.39. The molecule has 8 nitrogen and oxygen atoms in total. The van der Waals surface area contributed by atoms with Gasteiger partial charge in [0.25, 0.3) is 5.56 Å². The zero-order chi connectivity index (χ0) is 17.2. The molecule has 0 atom stereocenters. The SMILES string of the molecule is Cn1cc(S(=O)(=O)NCc2cccc(C#N)c2)c(=O)n(C)c1=O. The number of benzene rings is 1. The minimum Gasteiger partial charge on any atom is -0.302 e. The van der Waals surface area contributed by atoms with Crippen LogP contribution in [0.15, 0.2) is 44.9 Å². The van der Waals surface area contributed by atoms with Crippen molar-refractivity contribution in [3.05, 3.63) is 62.4 Å². The normalized spacial score (nSPS) is 11.2. The van der Waals surface area contributed by atoms with Gasteiger partial charge in [-0.25, -0.2) is 17.9 Å². The van der Waals surface area contributed by atoms with Gasteiger partial charge in [-0.05, 0) is 17.7 Å². The molecule has 1 aromatic carbocycles. The highest BCUT2D eigenvalue weighted by Gasteiger charge is 2.21. The molecule has 0 bridgehead atoms. The van der Waals surface area contributed by atoms with Gasteiger partial charge < -0.3 is 4.57 Å². The summed E-state index contributed by atoms with van der Waals surface area (Å²) in [6, 6.07) is 8.39. The van der Waals surface area contributed by atoms with Crippen LogP contribution < -0.4 is 16.0 Å². The van der Waals surface area contributed by atoms with Gasteiger partial charge in [0.15, 0.2) is 4.90 Å². The average molecular weight is 334 g/mol. The summed E-state index contributed by atoms with van der Waals surface area (Å²) >= 11 is 0. The van der Waals surface area contributed by atoms with Gasteiger partial charge in [-0.2, -0.15) is 5.26 Å². The van der Waals surface area contributed by atoms with Crippen LogP contribution in [0.1, 0.15) is 11.1 Å². The van der Waals surface area contributed by atoms with Crippen LogP contribution in [0.3, 0.4) is 0 Å². The van der Waals surface area contributed by atoms with Crippen molar-refractivity contribution in [3.8, 4) is 6.07 Å². The first-order chi connectivity index (χ1) is 10.8. The van der Waals surface area contributed by atoms with E-state index >= 15 is 0 Å². The van der Waals surface area contributed by atoms with E-state index in [0.717, 1.165) is 15.3 Å². The molecular formula is C14H14N4O4S. The first kappa shape index (κ1) is 16.7. The molecule has 0 spiro atoms. The number of aryl methyl sites for hydroxylation is 1. The Kier molecular flexibility index (Phi) is 4.49. The molecule has 23 heavy (non-hydrogen) atoms. The predicted octanol–water partition coefficient (Wildman–Crippen LogP) is -0.566. The first-order valence-corrected chi connectivity index (χ1v) is 8.00. The van der Waals surface area contributed by atoms with Crippen molar-refractivity contribution in [2.45, 2.75) is 11.4 Å². The minimum atomic E-state index is -4.10. The second-order valence-electron chi connectivity index (χ2n) is 4.89. The zero-order valence-corrected chi connectivity index (χ0v) is 13.3. The fourth-order valence-electron chi connectivity index (χ4n) is 1.97. The fourth-order valence-corrected chi connectivity index (χ4v) is 3.14. The smallest absolute Gasteiger partial charge is 0.302 e. The molecule has 0 saturated heterocycles. The van der Waals surface area contributed by atoms with Gasteiger partial charge in [0.05, 0.1) is 11.6 Å². The van der Waals surface area contributed by atoms with Crippen LogP contribution >= 0.6 is 0 Å². The second kappa shape index (κ2) is 6.20. The van der Waals surface area contributed by atoms with Crippen LogP contribution in [-0.2, 0) is 30.7 Å². The number of nitrogens with one attached hydrogen (secondary N) is 1. The fraction of sp³-hybridized carbons (Fsp3) is 0.214. The molecule has 9 heteroatoms. The third-order valence-electron chi connectivity index (χ3n) is 3.23. The summed E-state index contributed by atoms with van der Waals surface area (Å²) in [5, 5.41) is 8.83. The van der Waals surface area contributed by atoms with Crippen molar-refractivity contribution in [2.75, 3.05) is 0 Å². The predicted molar refractivity (Wildman–Crippen MR) is 82.1 cm³/mol. The standard InChI is InChI=1S/C14H14N4O4S/c1-17-9-12(13(19)18(2)14(17)20)23(21,22)16-8-11-5-3-4-10(6-11)7-15/h3-6,9,16H,8H2,1-2H3. The molecule has 1 heterocycles. The van der Waals surface area contributed by atoms with Crippen LogP contribution in [0.4, 0.5) is 0 Å². The molecule has 0 aliphatic rings. The maximum absolute atomic E-state index is 12.3. The maximum Gasteiger partial charge on any atom is 0.330 e. The monoisotopic (exact) mass is 334 g/mol. The molecule has 0 radical (unpaired) electrons. The molecule has 0 fully saturated rings. The number of sulfonamides is 1. The van der Waals surface area contributed by atoms with Crippen molar-refractivity contribution in [3.63, 3.8) is 0 Å². The van der Waals surface area contributed by atoms with Gasteiger partial charge in [0, 0.05) is 26.8 Å². The van der Waals surface area contributed by atoms with Crippen molar-refractivity contribution in [2.24, 2.45) is 14.1 Å². The Balaban J connectivity index is 2.35. The molecule has 1 N–H and O–H groups in total. The molecule has 1 aromatic heterocycles. The summed E-state index contributed by atoms with van der Waals surface area (Å²) in [5.74, 6) is 0. The summed E-state index contributed by atoms with van der Waals surface area (Å²) in [6.45, 7) is -0.0795. The third-order valence-corrected chi connectivity index (χ3v) is 4.61. The Labute approximate surface area is 132 Å². The number of hydrogen-bond donors (Lipinski definition) is 1. The Morgan fingerprint density at radius 3 is 2.61 bits per heavy atom. The molecular weight excluding hydrogens is 320 g/mol. The summed E-state index contributed by atoms with van der Waals surface area (Å²) in [5.41, 5.74) is -0.531. The van der Waals surface area contributed by atoms with Crippen molar-refractivity contribution in [1.82, 2.24) is 13.9 Å². The van der Waals surface area contributed by atoms with Crippen molar-refractivity contribution < 1.29 is 8.42 Å². The Morgan fingerprint density at radius 2 is 1.96 bits per heavy atom. The van der Waals surface area contributed by atoms with E-state index in [0.29, 0.717) is 11.1 Å². The molecule has 2 aromatic rings. The number of aromatic nitrogens is 2. The van der Waals surface area contributed by atoms with E-state index in [4.69, 9.17) is 5.26 Å². The van der Waals surface area contributed by atoms with E-state index in [9.17, 15) is 18.0 Å². The molecule has 0 amide bonds. The van der Waals surface area contributed by atoms with E-state index in [-0.39, 0.29) is 6.54 Å². The number of nitrogens with zero attached hydrogens (tertiary/aromatic N) is 3. The second-order valence-corrected chi connectivity index (χ2v) is 6.62. The van der Waals surface area contributed by atoms with Gasteiger partial charge in [-0.15, -0.1) is 0 Å². The Bertz CT molecular complexity index is 1010. The highest BCUT2D eigenvalue weighted by molar-refractivity contribution is 7.89. The maximum atomic E-state index is 12.3. The summed E-state index contributed by atoms with van der Waals surface area (Å²) in [6.07, 6.45) is 0.985. The molecule has 120 valence electrons. The van der Waals surface area contributed by atoms with E-state index in [1.165, 1.54) is 14.1 Å². The van der Waals surface area contributed by atoms with E-state index in [2.05, 4.69) is 4.72 Å². The van der Waals surface area contributed by atoms with Gasteiger partial charge in [-0.1, -0.05) is 12.1 Å². The molecule has 0 unspecified atom stereocenters. The lowest BCUT2D eigenvalue weighted by molar-refractivity contribution is 0.570. The average Bonchev–Trinajstić information content (AvgIpc) is 2.54. The zero-order valence-electron chi connectivity index (χ0n) is 12.5. The summed E-state index contributed by atoms with van der Waals surface area (Å²) in [4.78, 5) is 23.1. The lowest BCUT2D eigenvalue weighted by atomic mass is 10.1. The first-order valence-electron chi connectivity index (χ1n) is 6.51. The van der Waals surface area contributed by atoms with Gasteiger partial charge >= 0.3 is 5.69 Å². The number of nitriles is 1. The number of rotatable bonds is 4. The van der Waals surface area contributed by atoms with E-state index in [1.807, 2.05) is 6.07 Å². The molecule has 2 rings (SSSR count). The number of hydrogen-bond acceptors (Lipinski definition) is 5. The van der Waals surface area contributed by atoms with Gasteiger partial charge in [0.1, 0.15) is 0 Å². The topological polar surface area (TPSA) is 114 Å². The van der Waals surface area contributed by atoms with Crippen molar-refractivity contribution in [1.29, 1.82) is 5.26 Å². The quantitative estimate of drug-likeness (QED) is 0.804. The Hall–Kier alpha value is -2.70. The Morgan fingerprint density at radius 1 is 1.26 bits per heavy atom. The van der Waals surface area contributed by atoms with Crippen LogP contribution in [0.25, 0.3) is 0 Å².